The topological polar surface area (TPSA) is 76.5 Å². The standard InChI is InChI=1S/C18H22N4O3/c1-5-21-14-8-6-7-9-15(14)25-18(4,17(21)24)16(23)20-13-10-19-22(11-13)12(2)3/h6-12H,5H2,1-4H3,(H,20,23). The molecule has 1 atom stereocenters. The molecule has 132 valence electrons. The number of fused-ring (bicyclic) bond motifs is 1. The predicted molar refractivity (Wildman–Crippen MR) is 94.7 cm³/mol. The Kier molecular flexibility index (Phi) is 4.24. The molecule has 7 nitrogen and oxygen atoms in total. The lowest BCUT2D eigenvalue weighted by atomic mass is 10.00. The summed E-state index contributed by atoms with van der Waals surface area (Å²) in [5.74, 6) is -0.393. The molecule has 1 aromatic heterocycles. The average molecular weight is 342 g/mol. The minimum atomic E-state index is -1.63. The number of nitrogens with zero attached hydrogens (tertiary/aromatic N) is 3. The number of aromatic nitrogens is 2. The van der Waals surface area contributed by atoms with Gasteiger partial charge >= 0.3 is 0 Å². The first-order valence-corrected chi connectivity index (χ1v) is 8.32. The van der Waals surface area contributed by atoms with E-state index in [-0.39, 0.29) is 11.9 Å². The summed E-state index contributed by atoms with van der Waals surface area (Å²) in [4.78, 5) is 27.3. The zero-order chi connectivity index (χ0) is 18.2. The maximum atomic E-state index is 12.9. The zero-order valence-electron chi connectivity index (χ0n) is 14.8. The second kappa shape index (κ2) is 6.23. The van der Waals surface area contributed by atoms with E-state index in [2.05, 4.69) is 10.4 Å². The van der Waals surface area contributed by atoms with Crippen LogP contribution in [-0.4, -0.2) is 33.7 Å². The number of hydrogen-bond donors (Lipinski definition) is 1. The minimum Gasteiger partial charge on any atom is -0.465 e. The number of anilines is 2. The Morgan fingerprint density at radius 3 is 2.72 bits per heavy atom. The maximum Gasteiger partial charge on any atom is 0.280 e. The minimum absolute atomic E-state index is 0.177. The molecule has 1 unspecified atom stereocenters. The van der Waals surface area contributed by atoms with Gasteiger partial charge in [-0.15, -0.1) is 0 Å². The average Bonchev–Trinajstić information content (AvgIpc) is 3.05. The Bertz CT molecular complexity index is 814. The normalized spacial score (nSPS) is 19.6. The highest BCUT2D eigenvalue weighted by Crippen LogP contribution is 2.37. The van der Waals surface area contributed by atoms with Crippen molar-refractivity contribution in [1.82, 2.24) is 9.78 Å². The van der Waals surface area contributed by atoms with Crippen LogP contribution in [0.1, 0.15) is 33.7 Å². The molecule has 0 radical (unpaired) electrons. The fourth-order valence-electron chi connectivity index (χ4n) is 2.79. The zero-order valence-corrected chi connectivity index (χ0v) is 14.8. The number of rotatable bonds is 4. The second-order valence-corrected chi connectivity index (χ2v) is 6.41. The summed E-state index contributed by atoms with van der Waals surface area (Å²) in [6, 6.07) is 7.39. The van der Waals surface area contributed by atoms with E-state index in [1.807, 2.05) is 32.9 Å². The Hall–Kier alpha value is -2.83. The molecule has 25 heavy (non-hydrogen) atoms. The van der Waals surface area contributed by atoms with Crippen LogP contribution in [0.4, 0.5) is 11.4 Å². The van der Waals surface area contributed by atoms with Crippen LogP contribution in [0.15, 0.2) is 36.7 Å². The van der Waals surface area contributed by atoms with Crippen LogP contribution in [-0.2, 0) is 9.59 Å². The smallest absolute Gasteiger partial charge is 0.280 e. The van der Waals surface area contributed by atoms with Crippen LogP contribution in [0.2, 0.25) is 0 Å². The van der Waals surface area contributed by atoms with Crippen molar-refractivity contribution in [2.45, 2.75) is 39.3 Å². The van der Waals surface area contributed by atoms with E-state index in [1.165, 1.54) is 6.92 Å². The van der Waals surface area contributed by atoms with Crippen LogP contribution < -0.4 is 15.0 Å². The maximum absolute atomic E-state index is 12.9. The largest absolute Gasteiger partial charge is 0.465 e. The number of carbonyl (C=O) groups is 2. The molecule has 3 rings (SSSR count). The van der Waals surface area contributed by atoms with Gasteiger partial charge in [-0.25, -0.2) is 0 Å². The fourth-order valence-corrected chi connectivity index (χ4v) is 2.79. The number of amides is 2. The van der Waals surface area contributed by atoms with Crippen LogP contribution in [0.25, 0.3) is 0 Å². The van der Waals surface area contributed by atoms with Gasteiger partial charge in [0.1, 0.15) is 5.75 Å². The van der Waals surface area contributed by atoms with Gasteiger partial charge in [-0.05, 0) is 39.8 Å². The second-order valence-electron chi connectivity index (χ2n) is 6.41. The van der Waals surface area contributed by atoms with Gasteiger partial charge in [0.25, 0.3) is 17.4 Å². The highest BCUT2D eigenvalue weighted by atomic mass is 16.5. The lowest BCUT2D eigenvalue weighted by molar-refractivity contribution is -0.145. The van der Waals surface area contributed by atoms with E-state index in [9.17, 15) is 9.59 Å². The van der Waals surface area contributed by atoms with E-state index >= 15 is 0 Å². The Labute approximate surface area is 146 Å². The molecular weight excluding hydrogens is 320 g/mol. The Morgan fingerprint density at radius 2 is 2.08 bits per heavy atom. The third kappa shape index (κ3) is 2.86. The number of para-hydroxylation sites is 2. The molecular formula is C18H22N4O3. The number of hydrogen-bond acceptors (Lipinski definition) is 4. The van der Waals surface area contributed by atoms with Crippen molar-refractivity contribution in [3.05, 3.63) is 36.7 Å². The Balaban J connectivity index is 1.89. The molecule has 2 amide bonds. The SMILES string of the molecule is CCN1C(=O)C(C)(C(=O)Nc2cnn(C(C)C)c2)Oc2ccccc21. The van der Waals surface area contributed by atoms with Gasteiger partial charge in [0.15, 0.2) is 0 Å². The van der Waals surface area contributed by atoms with Crippen molar-refractivity contribution in [3.8, 4) is 5.75 Å². The summed E-state index contributed by atoms with van der Waals surface area (Å²) in [5, 5.41) is 6.93. The number of carbonyl (C=O) groups excluding carboxylic acids is 2. The highest BCUT2D eigenvalue weighted by molar-refractivity contribution is 6.19. The molecule has 2 heterocycles. The predicted octanol–water partition coefficient (Wildman–Crippen LogP) is 2.61. The van der Waals surface area contributed by atoms with E-state index < -0.39 is 11.5 Å². The molecule has 1 aliphatic rings. The molecule has 1 aromatic carbocycles. The first-order chi connectivity index (χ1) is 11.9. The molecule has 1 aliphatic heterocycles. The summed E-state index contributed by atoms with van der Waals surface area (Å²) in [5.41, 5.74) is -0.435. The molecule has 0 saturated carbocycles. The third-order valence-corrected chi connectivity index (χ3v) is 4.26. The van der Waals surface area contributed by atoms with Crippen molar-refractivity contribution in [2.75, 3.05) is 16.8 Å². The van der Waals surface area contributed by atoms with Crippen LogP contribution in [0.5, 0.6) is 5.75 Å². The summed E-state index contributed by atoms with van der Waals surface area (Å²) in [7, 11) is 0. The molecule has 0 bridgehead atoms. The number of ether oxygens (including phenoxy) is 1. The lowest BCUT2D eigenvalue weighted by Gasteiger charge is -2.39. The summed E-state index contributed by atoms with van der Waals surface area (Å²) in [6.07, 6.45) is 3.28. The molecule has 0 fully saturated rings. The van der Waals surface area contributed by atoms with E-state index in [1.54, 1.807) is 34.1 Å². The van der Waals surface area contributed by atoms with Gasteiger partial charge < -0.3 is 15.0 Å². The summed E-state index contributed by atoms with van der Waals surface area (Å²) >= 11 is 0. The van der Waals surface area contributed by atoms with Crippen LogP contribution in [0, 0.1) is 0 Å². The van der Waals surface area contributed by atoms with Crippen molar-refractivity contribution in [1.29, 1.82) is 0 Å². The van der Waals surface area contributed by atoms with Crippen LogP contribution >= 0.6 is 0 Å². The molecule has 0 spiro atoms. The van der Waals surface area contributed by atoms with Gasteiger partial charge in [-0.3, -0.25) is 14.3 Å². The molecule has 0 aliphatic carbocycles. The van der Waals surface area contributed by atoms with Gasteiger partial charge in [0, 0.05) is 18.8 Å². The van der Waals surface area contributed by atoms with Gasteiger partial charge in [-0.2, -0.15) is 5.10 Å². The van der Waals surface area contributed by atoms with Crippen molar-refractivity contribution < 1.29 is 14.3 Å². The lowest BCUT2D eigenvalue weighted by Crippen LogP contribution is -2.60. The number of likely N-dealkylation sites (N-methyl/N-ethyl adjacent to an activating group) is 1. The van der Waals surface area contributed by atoms with Crippen LogP contribution in [0.3, 0.4) is 0 Å². The highest BCUT2D eigenvalue weighted by Gasteiger charge is 2.50. The first-order valence-electron chi connectivity index (χ1n) is 8.32. The number of benzene rings is 1. The van der Waals surface area contributed by atoms with Gasteiger partial charge in [0.2, 0.25) is 0 Å². The molecule has 0 saturated heterocycles. The molecule has 7 heteroatoms. The number of nitrogens with one attached hydrogen (secondary N) is 1. The van der Waals surface area contributed by atoms with Gasteiger partial charge in [0.05, 0.1) is 17.6 Å². The van der Waals surface area contributed by atoms with Crippen molar-refractivity contribution >= 4 is 23.2 Å². The first kappa shape index (κ1) is 17.0. The van der Waals surface area contributed by atoms with E-state index in [0.717, 1.165) is 0 Å². The summed E-state index contributed by atoms with van der Waals surface area (Å²) < 4.78 is 7.55. The Morgan fingerprint density at radius 1 is 1.36 bits per heavy atom. The van der Waals surface area contributed by atoms with E-state index in [4.69, 9.17) is 4.74 Å². The molecule has 1 N–H and O–H groups in total. The van der Waals surface area contributed by atoms with Crippen molar-refractivity contribution in [3.63, 3.8) is 0 Å². The monoisotopic (exact) mass is 342 g/mol. The van der Waals surface area contributed by atoms with E-state index in [0.29, 0.717) is 23.7 Å². The van der Waals surface area contributed by atoms with Gasteiger partial charge in [-0.1, -0.05) is 12.1 Å². The molecule has 2 aromatic rings. The summed E-state index contributed by atoms with van der Waals surface area (Å²) in [6.45, 7) is 7.79. The third-order valence-electron chi connectivity index (χ3n) is 4.26. The fraction of sp³-hybridized carbons (Fsp3) is 0.389. The quantitative estimate of drug-likeness (QED) is 0.867. The van der Waals surface area contributed by atoms with Crippen molar-refractivity contribution in [2.24, 2.45) is 0 Å².